The van der Waals surface area contributed by atoms with Gasteiger partial charge in [-0.15, -0.1) is 0 Å². The normalized spacial score (nSPS) is 16.9. The molecular weight excluding hydrogens is 328 g/mol. The van der Waals surface area contributed by atoms with Crippen LogP contribution in [0, 0.1) is 0 Å². The highest BCUT2D eigenvalue weighted by atomic mass is 32.1. The first-order valence-electron chi connectivity index (χ1n) is 8.84. The largest absolute Gasteiger partial charge is 0.316 e. The fourth-order valence-corrected chi connectivity index (χ4v) is 4.02. The second-order valence-corrected chi connectivity index (χ2v) is 7.40. The van der Waals surface area contributed by atoms with Crippen LogP contribution >= 0.6 is 11.3 Å². The zero-order valence-electron chi connectivity index (χ0n) is 14.1. The predicted octanol–water partition coefficient (Wildman–Crippen LogP) is 4.63. The average molecular weight is 350 g/mol. The van der Waals surface area contributed by atoms with Crippen LogP contribution < -0.4 is 10.6 Å². The van der Waals surface area contributed by atoms with Crippen molar-refractivity contribution in [3.8, 4) is 10.4 Å². The van der Waals surface area contributed by atoms with Gasteiger partial charge in [0, 0.05) is 17.9 Å². The van der Waals surface area contributed by atoms with Gasteiger partial charge in [-0.3, -0.25) is 0 Å². The lowest BCUT2D eigenvalue weighted by Gasteiger charge is -2.10. The maximum Gasteiger partial charge on any atom is 0.188 e. The van der Waals surface area contributed by atoms with E-state index in [9.17, 15) is 0 Å². The molecule has 0 amide bonds. The summed E-state index contributed by atoms with van der Waals surface area (Å²) in [5.74, 6) is 0.867. The van der Waals surface area contributed by atoms with Crippen LogP contribution in [-0.4, -0.2) is 22.6 Å². The Hall–Kier alpha value is -2.24. The summed E-state index contributed by atoms with van der Waals surface area (Å²) in [6.45, 7) is 1.16. The van der Waals surface area contributed by atoms with Crippen LogP contribution in [0.2, 0.25) is 0 Å². The van der Waals surface area contributed by atoms with E-state index >= 15 is 0 Å². The lowest BCUT2D eigenvalue weighted by molar-refractivity contribution is 0.555. The maximum absolute atomic E-state index is 4.74. The summed E-state index contributed by atoms with van der Waals surface area (Å²) < 4.78 is 0. The summed E-state index contributed by atoms with van der Waals surface area (Å²) in [7, 11) is 0. The molecule has 3 heterocycles. The Bertz CT molecular complexity index is 809. The van der Waals surface area contributed by atoms with Gasteiger partial charge in [0.25, 0.3) is 0 Å². The molecule has 0 bridgehead atoms. The number of pyridine rings is 1. The lowest BCUT2D eigenvalue weighted by Crippen LogP contribution is -2.21. The van der Waals surface area contributed by atoms with Crippen molar-refractivity contribution in [1.82, 2.24) is 15.3 Å². The molecule has 1 atom stereocenters. The molecule has 1 fully saturated rings. The quantitative estimate of drug-likeness (QED) is 0.680. The fraction of sp³-hybridized carbons (Fsp3) is 0.300. The molecule has 1 saturated heterocycles. The molecule has 2 aromatic heterocycles. The van der Waals surface area contributed by atoms with E-state index in [1.54, 1.807) is 11.3 Å². The van der Waals surface area contributed by atoms with Crippen molar-refractivity contribution in [2.75, 3.05) is 11.9 Å². The van der Waals surface area contributed by atoms with Crippen molar-refractivity contribution in [1.29, 1.82) is 0 Å². The minimum atomic E-state index is 0.658. The number of anilines is 2. The Morgan fingerprint density at radius 2 is 2.04 bits per heavy atom. The maximum atomic E-state index is 4.74. The summed E-state index contributed by atoms with van der Waals surface area (Å²) in [6, 6.07) is 17.2. The van der Waals surface area contributed by atoms with Gasteiger partial charge in [-0.25, -0.2) is 9.97 Å². The smallest absolute Gasteiger partial charge is 0.188 e. The van der Waals surface area contributed by atoms with Crippen molar-refractivity contribution in [3.05, 3.63) is 60.4 Å². The number of thiazole rings is 1. The second kappa shape index (κ2) is 7.76. The fourth-order valence-electron chi connectivity index (χ4n) is 3.19. The second-order valence-electron chi connectivity index (χ2n) is 6.37. The van der Waals surface area contributed by atoms with Crippen LogP contribution in [0.15, 0.2) is 54.7 Å². The Labute approximate surface area is 152 Å². The topological polar surface area (TPSA) is 49.8 Å². The summed E-state index contributed by atoms with van der Waals surface area (Å²) in [5.41, 5.74) is 2.33. The summed E-state index contributed by atoms with van der Waals surface area (Å²) in [4.78, 5) is 10.4. The van der Waals surface area contributed by atoms with Crippen LogP contribution in [0.1, 0.15) is 25.0 Å². The Morgan fingerprint density at radius 3 is 2.88 bits per heavy atom. The zero-order valence-corrected chi connectivity index (χ0v) is 14.9. The predicted molar refractivity (Wildman–Crippen MR) is 104 cm³/mol. The zero-order chi connectivity index (χ0) is 16.9. The highest BCUT2D eigenvalue weighted by Gasteiger charge is 2.14. The Morgan fingerprint density at radius 1 is 1.12 bits per heavy atom. The van der Waals surface area contributed by atoms with Crippen molar-refractivity contribution in [3.63, 3.8) is 0 Å². The van der Waals surface area contributed by atoms with E-state index < -0.39 is 0 Å². The summed E-state index contributed by atoms with van der Waals surface area (Å²) in [6.07, 6.45) is 6.68. The van der Waals surface area contributed by atoms with Gasteiger partial charge in [0.1, 0.15) is 5.82 Å². The van der Waals surface area contributed by atoms with Gasteiger partial charge in [0.05, 0.1) is 4.88 Å². The third kappa shape index (κ3) is 4.24. The minimum Gasteiger partial charge on any atom is -0.316 e. The van der Waals surface area contributed by atoms with E-state index in [0.717, 1.165) is 40.9 Å². The van der Waals surface area contributed by atoms with Gasteiger partial charge < -0.3 is 10.6 Å². The minimum absolute atomic E-state index is 0.658. The summed E-state index contributed by atoms with van der Waals surface area (Å²) >= 11 is 1.65. The van der Waals surface area contributed by atoms with Crippen LogP contribution in [0.25, 0.3) is 10.4 Å². The number of hydrogen-bond acceptors (Lipinski definition) is 5. The molecule has 1 aliphatic heterocycles. The van der Waals surface area contributed by atoms with E-state index in [1.165, 1.54) is 18.4 Å². The van der Waals surface area contributed by atoms with Crippen molar-refractivity contribution in [2.24, 2.45) is 0 Å². The highest BCUT2D eigenvalue weighted by molar-refractivity contribution is 7.18. The van der Waals surface area contributed by atoms with Crippen molar-refractivity contribution < 1.29 is 0 Å². The molecular formula is C20H22N4S. The van der Waals surface area contributed by atoms with E-state index in [0.29, 0.717) is 6.04 Å². The number of rotatable bonds is 6. The van der Waals surface area contributed by atoms with Crippen molar-refractivity contribution >= 4 is 22.3 Å². The van der Waals surface area contributed by atoms with Gasteiger partial charge in [-0.2, -0.15) is 0 Å². The molecule has 0 radical (unpaired) electrons. The molecule has 25 heavy (non-hydrogen) atoms. The van der Waals surface area contributed by atoms with Crippen LogP contribution in [0.5, 0.6) is 0 Å². The van der Waals surface area contributed by atoms with Gasteiger partial charge in [0.15, 0.2) is 5.13 Å². The average Bonchev–Trinajstić information content (AvgIpc) is 3.33. The van der Waals surface area contributed by atoms with Gasteiger partial charge in [0.2, 0.25) is 0 Å². The molecule has 0 saturated carbocycles. The van der Waals surface area contributed by atoms with E-state index in [2.05, 4.69) is 39.9 Å². The van der Waals surface area contributed by atoms with E-state index in [-0.39, 0.29) is 0 Å². The third-order valence-corrected chi connectivity index (χ3v) is 5.48. The number of nitrogens with one attached hydrogen (secondary N) is 2. The molecule has 0 aliphatic carbocycles. The van der Waals surface area contributed by atoms with Crippen LogP contribution in [0.4, 0.5) is 10.9 Å². The summed E-state index contributed by atoms with van der Waals surface area (Å²) in [5, 5.41) is 7.77. The molecule has 1 aromatic carbocycles. The number of benzene rings is 1. The van der Waals surface area contributed by atoms with E-state index in [1.807, 2.05) is 30.5 Å². The first-order valence-corrected chi connectivity index (χ1v) is 9.66. The van der Waals surface area contributed by atoms with Gasteiger partial charge in [-0.1, -0.05) is 47.7 Å². The number of nitrogens with zero attached hydrogens (tertiary/aromatic N) is 2. The molecule has 2 N–H and O–H groups in total. The monoisotopic (exact) mass is 350 g/mol. The molecule has 0 spiro atoms. The SMILES string of the molecule is c1ccc(-c2cnc(Nc3cccc(CC[C@H]4CCCN4)n3)s2)cc1. The molecule has 0 unspecified atom stereocenters. The van der Waals surface area contributed by atoms with Crippen molar-refractivity contribution in [2.45, 2.75) is 31.7 Å². The molecule has 4 nitrogen and oxygen atoms in total. The van der Waals surface area contributed by atoms with E-state index in [4.69, 9.17) is 4.98 Å². The number of aromatic nitrogens is 2. The molecule has 1 aliphatic rings. The van der Waals surface area contributed by atoms with Crippen LogP contribution in [-0.2, 0) is 6.42 Å². The molecule has 128 valence electrons. The number of aryl methyl sites for hydroxylation is 1. The lowest BCUT2D eigenvalue weighted by atomic mass is 10.1. The molecule has 3 aromatic rings. The third-order valence-electron chi connectivity index (χ3n) is 4.52. The molecule has 5 heteroatoms. The van der Waals surface area contributed by atoms with Crippen LogP contribution in [0.3, 0.4) is 0 Å². The molecule has 4 rings (SSSR count). The Kier molecular flexibility index (Phi) is 5.04. The first kappa shape index (κ1) is 16.2. The Balaban J connectivity index is 1.40. The van der Waals surface area contributed by atoms with Gasteiger partial charge >= 0.3 is 0 Å². The highest BCUT2D eigenvalue weighted by Crippen LogP contribution is 2.30. The first-order chi connectivity index (χ1) is 12.4. The van der Waals surface area contributed by atoms with Gasteiger partial charge in [-0.05, 0) is 49.9 Å². The number of hydrogen-bond donors (Lipinski definition) is 2. The standard InChI is InChI=1S/C20H22N4S/c1-2-6-15(7-3-1)18-14-22-20(25-18)24-19-10-4-8-17(23-19)12-11-16-9-5-13-21-16/h1-4,6-8,10,14,16,21H,5,9,11-13H2,(H,22,23,24)/t16-/m1/s1.